The van der Waals surface area contributed by atoms with Crippen molar-refractivity contribution in [1.82, 2.24) is 20.3 Å². The van der Waals surface area contributed by atoms with Crippen molar-refractivity contribution in [2.75, 3.05) is 19.8 Å². The molecule has 0 saturated heterocycles. The number of aromatic nitrogens is 3. The lowest BCUT2D eigenvalue weighted by atomic mass is 10.2. The minimum absolute atomic E-state index is 0.135. The fourth-order valence-corrected chi connectivity index (χ4v) is 2.04. The number of hydrogen-bond donors (Lipinski definition) is 1. The van der Waals surface area contributed by atoms with Crippen molar-refractivity contribution < 1.29 is 9.53 Å². The molecule has 2 aromatic rings. The third kappa shape index (κ3) is 5.14. The summed E-state index contributed by atoms with van der Waals surface area (Å²) in [6, 6.07) is 6.93. The van der Waals surface area contributed by atoms with Crippen LogP contribution in [0, 0.1) is 5.92 Å². The van der Waals surface area contributed by atoms with E-state index in [1.807, 2.05) is 0 Å². The molecule has 0 aliphatic rings. The third-order valence-corrected chi connectivity index (χ3v) is 3.16. The first-order valence-corrected chi connectivity index (χ1v) is 7.75. The van der Waals surface area contributed by atoms with Crippen LogP contribution in [0.5, 0.6) is 0 Å². The highest BCUT2D eigenvalue weighted by atomic mass is 16.5. The van der Waals surface area contributed by atoms with E-state index >= 15 is 0 Å². The Labute approximate surface area is 134 Å². The summed E-state index contributed by atoms with van der Waals surface area (Å²) in [5, 5.41) is 10.9. The van der Waals surface area contributed by atoms with Gasteiger partial charge in [0.05, 0.1) is 5.39 Å². The summed E-state index contributed by atoms with van der Waals surface area (Å²) < 4.78 is 6.51. The highest BCUT2D eigenvalue weighted by molar-refractivity contribution is 5.78. The van der Waals surface area contributed by atoms with Crippen LogP contribution in [-0.2, 0) is 16.1 Å². The predicted octanol–water partition coefficient (Wildman–Crippen LogP) is 0.970. The van der Waals surface area contributed by atoms with Gasteiger partial charge in [0.15, 0.2) is 0 Å². The quantitative estimate of drug-likeness (QED) is 0.733. The first kappa shape index (κ1) is 17.1. The lowest BCUT2D eigenvalue weighted by molar-refractivity contribution is -0.122. The van der Waals surface area contributed by atoms with Crippen molar-refractivity contribution >= 4 is 16.8 Å². The Kier molecular flexibility index (Phi) is 6.22. The second kappa shape index (κ2) is 8.38. The van der Waals surface area contributed by atoms with Crippen LogP contribution in [0.25, 0.3) is 10.9 Å². The minimum atomic E-state index is -0.314. The van der Waals surface area contributed by atoms with Crippen molar-refractivity contribution in [3.8, 4) is 0 Å². The lowest BCUT2D eigenvalue weighted by Gasteiger charge is -2.08. The minimum Gasteiger partial charge on any atom is -0.381 e. The van der Waals surface area contributed by atoms with Crippen molar-refractivity contribution in [3.05, 3.63) is 34.6 Å². The number of carbonyl (C=O) groups is 1. The number of hydrogen-bond acceptors (Lipinski definition) is 5. The number of benzene rings is 1. The predicted molar refractivity (Wildman–Crippen MR) is 87.1 cm³/mol. The smallest absolute Gasteiger partial charge is 0.278 e. The standard InChI is InChI=1S/C16H22N4O3/c1-12(2)11-23-9-5-8-17-15(21)10-20-16(22)13-6-3-4-7-14(13)18-19-20/h3-4,6-7,12H,5,8-11H2,1-2H3,(H,17,21). The Morgan fingerprint density at radius 3 is 2.91 bits per heavy atom. The van der Waals surface area contributed by atoms with Crippen LogP contribution in [-0.4, -0.2) is 40.7 Å². The normalized spacial score (nSPS) is 11.1. The van der Waals surface area contributed by atoms with E-state index in [-0.39, 0.29) is 18.0 Å². The summed E-state index contributed by atoms with van der Waals surface area (Å²) in [5.74, 6) is 0.239. The molecule has 0 atom stereocenters. The van der Waals surface area contributed by atoms with Gasteiger partial charge in [0.25, 0.3) is 5.56 Å². The maximum absolute atomic E-state index is 12.2. The van der Waals surface area contributed by atoms with E-state index in [1.165, 1.54) is 0 Å². The van der Waals surface area contributed by atoms with Crippen LogP contribution < -0.4 is 10.9 Å². The third-order valence-electron chi connectivity index (χ3n) is 3.16. The summed E-state index contributed by atoms with van der Waals surface area (Å²) in [4.78, 5) is 24.1. The highest BCUT2D eigenvalue weighted by Gasteiger charge is 2.08. The molecule has 1 heterocycles. The van der Waals surface area contributed by atoms with Crippen LogP contribution in [0.15, 0.2) is 29.1 Å². The molecular weight excluding hydrogens is 296 g/mol. The van der Waals surface area contributed by atoms with Gasteiger partial charge in [-0.3, -0.25) is 9.59 Å². The second-order valence-corrected chi connectivity index (χ2v) is 5.74. The largest absolute Gasteiger partial charge is 0.381 e. The summed E-state index contributed by atoms with van der Waals surface area (Å²) >= 11 is 0. The van der Waals surface area contributed by atoms with Gasteiger partial charge in [-0.05, 0) is 24.5 Å². The molecule has 1 aromatic carbocycles. The molecule has 0 saturated carbocycles. The molecule has 1 amide bonds. The second-order valence-electron chi connectivity index (χ2n) is 5.74. The molecule has 0 bridgehead atoms. The van der Waals surface area contributed by atoms with E-state index in [0.29, 0.717) is 30.0 Å². The van der Waals surface area contributed by atoms with E-state index in [2.05, 4.69) is 29.5 Å². The molecular formula is C16H22N4O3. The van der Waals surface area contributed by atoms with E-state index in [9.17, 15) is 9.59 Å². The summed E-state index contributed by atoms with van der Waals surface area (Å²) in [6.07, 6.45) is 0.733. The van der Waals surface area contributed by atoms with Gasteiger partial charge in [-0.25, -0.2) is 4.68 Å². The number of nitrogens with one attached hydrogen (secondary N) is 1. The fraction of sp³-hybridized carbons (Fsp3) is 0.500. The fourth-order valence-electron chi connectivity index (χ4n) is 2.04. The topological polar surface area (TPSA) is 86.1 Å². The zero-order valence-electron chi connectivity index (χ0n) is 13.5. The van der Waals surface area contributed by atoms with Gasteiger partial charge in [0, 0.05) is 19.8 Å². The van der Waals surface area contributed by atoms with Crippen LogP contribution in [0.2, 0.25) is 0 Å². The number of carbonyl (C=O) groups excluding carboxylic acids is 1. The Morgan fingerprint density at radius 1 is 1.35 bits per heavy atom. The first-order valence-electron chi connectivity index (χ1n) is 7.75. The number of nitrogens with zero attached hydrogens (tertiary/aromatic N) is 3. The molecule has 0 radical (unpaired) electrons. The van der Waals surface area contributed by atoms with E-state index in [0.717, 1.165) is 17.7 Å². The van der Waals surface area contributed by atoms with Gasteiger partial charge in [-0.2, -0.15) is 0 Å². The maximum Gasteiger partial charge on any atom is 0.278 e. The van der Waals surface area contributed by atoms with Crippen LogP contribution in [0.1, 0.15) is 20.3 Å². The van der Waals surface area contributed by atoms with Gasteiger partial charge in [0.1, 0.15) is 12.1 Å². The summed E-state index contributed by atoms with van der Waals surface area (Å²) in [7, 11) is 0. The van der Waals surface area contributed by atoms with Gasteiger partial charge >= 0.3 is 0 Å². The molecule has 0 fully saturated rings. The van der Waals surface area contributed by atoms with Crippen LogP contribution in [0.3, 0.4) is 0 Å². The Balaban J connectivity index is 1.82. The lowest BCUT2D eigenvalue weighted by Crippen LogP contribution is -2.34. The van der Waals surface area contributed by atoms with Crippen molar-refractivity contribution in [2.45, 2.75) is 26.8 Å². The Morgan fingerprint density at radius 2 is 2.13 bits per heavy atom. The molecule has 0 spiro atoms. The molecule has 124 valence electrons. The Bertz CT molecular complexity index is 712. The molecule has 7 heteroatoms. The molecule has 0 aliphatic carbocycles. The molecule has 23 heavy (non-hydrogen) atoms. The van der Waals surface area contributed by atoms with Gasteiger partial charge < -0.3 is 10.1 Å². The number of fused-ring (bicyclic) bond motifs is 1. The Hall–Kier alpha value is -2.28. The van der Waals surface area contributed by atoms with Crippen molar-refractivity contribution in [1.29, 1.82) is 0 Å². The van der Waals surface area contributed by atoms with Crippen LogP contribution in [0.4, 0.5) is 0 Å². The van der Waals surface area contributed by atoms with E-state index in [1.54, 1.807) is 24.3 Å². The zero-order chi connectivity index (χ0) is 16.7. The zero-order valence-corrected chi connectivity index (χ0v) is 13.5. The van der Waals surface area contributed by atoms with Gasteiger partial charge in [0.2, 0.25) is 5.91 Å². The monoisotopic (exact) mass is 318 g/mol. The molecule has 1 N–H and O–H groups in total. The van der Waals surface area contributed by atoms with Gasteiger partial charge in [-0.1, -0.05) is 31.2 Å². The average molecular weight is 318 g/mol. The van der Waals surface area contributed by atoms with Crippen molar-refractivity contribution in [2.24, 2.45) is 5.92 Å². The van der Waals surface area contributed by atoms with E-state index in [4.69, 9.17) is 4.74 Å². The SMILES string of the molecule is CC(C)COCCCNC(=O)Cn1nnc2ccccc2c1=O. The molecule has 7 nitrogen and oxygen atoms in total. The number of ether oxygens (including phenoxy) is 1. The summed E-state index contributed by atoms with van der Waals surface area (Å²) in [5.41, 5.74) is 0.211. The average Bonchev–Trinajstić information content (AvgIpc) is 2.53. The first-order chi connectivity index (χ1) is 11.1. The van der Waals surface area contributed by atoms with Crippen LogP contribution >= 0.6 is 0 Å². The van der Waals surface area contributed by atoms with Crippen molar-refractivity contribution in [3.63, 3.8) is 0 Å². The molecule has 2 rings (SSSR count). The highest BCUT2D eigenvalue weighted by Crippen LogP contribution is 2.03. The molecule has 1 aromatic heterocycles. The molecule has 0 aliphatic heterocycles. The van der Waals surface area contributed by atoms with E-state index < -0.39 is 0 Å². The maximum atomic E-state index is 12.2. The summed E-state index contributed by atoms with van der Waals surface area (Å²) in [6.45, 7) is 5.87. The number of amides is 1. The number of rotatable bonds is 8. The van der Waals surface area contributed by atoms with Gasteiger partial charge in [-0.15, -0.1) is 5.10 Å². The molecule has 0 unspecified atom stereocenters.